The summed E-state index contributed by atoms with van der Waals surface area (Å²) in [5.74, 6) is 0.794. The van der Waals surface area contributed by atoms with Gasteiger partial charge in [0.05, 0.1) is 10.2 Å². The predicted molar refractivity (Wildman–Crippen MR) is 103 cm³/mol. The standard InChI is InChI=1S/C19H20N2OS2/c1-5-23-15-8-6-7-14(11-15)18(22)20-19-21(4)16-9-12(2)13(3)10-17(16)24-19/h6-11H,5H2,1-4H3. The van der Waals surface area contributed by atoms with E-state index in [0.29, 0.717) is 5.56 Å². The minimum atomic E-state index is -0.191. The van der Waals surface area contributed by atoms with Crippen molar-refractivity contribution in [1.82, 2.24) is 4.57 Å². The Morgan fingerprint density at radius 1 is 1.21 bits per heavy atom. The minimum Gasteiger partial charge on any atom is -0.319 e. The van der Waals surface area contributed by atoms with Crippen LogP contribution in [0, 0.1) is 13.8 Å². The number of rotatable bonds is 3. The van der Waals surface area contributed by atoms with Crippen LogP contribution in [0.3, 0.4) is 0 Å². The van der Waals surface area contributed by atoms with Gasteiger partial charge in [0, 0.05) is 17.5 Å². The molecule has 0 N–H and O–H groups in total. The molecule has 5 heteroatoms. The van der Waals surface area contributed by atoms with Crippen LogP contribution in [0.25, 0.3) is 10.2 Å². The van der Waals surface area contributed by atoms with Crippen molar-refractivity contribution in [2.45, 2.75) is 25.7 Å². The number of aromatic nitrogens is 1. The Morgan fingerprint density at radius 2 is 1.96 bits per heavy atom. The monoisotopic (exact) mass is 356 g/mol. The molecule has 0 unspecified atom stereocenters. The summed E-state index contributed by atoms with van der Waals surface area (Å²) in [6.07, 6.45) is 0. The first kappa shape index (κ1) is 17.0. The Labute approximate surface area is 150 Å². The maximum absolute atomic E-state index is 12.6. The molecule has 1 heterocycles. The molecule has 2 aromatic carbocycles. The molecule has 0 aliphatic rings. The number of benzene rings is 2. The van der Waals surface area contributed by atoms with Gasteiger partial charge in [-0.25, -0.2) is 0 Å². The minimum absolute atomic E-state index is 0.191. The van der Waals surface area contributed by atoms with Crippen LogP contribution in [0.1, 0.15) is 28.4 Å². The number of aryl methyl sites for hydroxylation is 3. The van der Waals surface area contributed by atoms with Gasteiger partial charge in [-0.05, 0) is 61.1 Å². The summed E-state index contributed by atoms with van der Waals surface area (Å²) < 4.78 is 3.15. The number of hydrogen-bond acceptors (Lipinski definition) is 3. The van der Waals surface area contributed by atoms with Gasteiger partial charge < -0.3 is 4.57 Å². The highest BCUT2D eigenvalue weighted by atomic mass is 32.2. The van der Waals surface area contributed by atoms with Crippen LogP contribution in [-0.4, -0.2) is 16.2 Å². The zero-order chi connectivity index (χ0) is 17.3. The Kier molecular flexibility index (Phi) is 4.92. The van der Waals surface area contributed by atoms with E-state index in [2.05, 4.69) is 37.9 Å². The molecule has 0 aliphatic heterocycles. The van der Waals surface area contributed by atoms with Gasteiger partial charge in [0.1, 0.15) is 0 Å². The average Bonchev–Trinajstić information content (AvgIpc) is 2.84. The summed E-state index contributed by atoms with van der Waals surface area (Å²) in [7, 11) is 1.96. The molecule has 24 heavy (non-hydrogen) atoms. The molecule has 3 rings (SSSR count). The lowest BCUT2D eigenvalue weighted by atomic mass is 10.1. The van der Waals surface area contributed by atoms with Crippen LogP contribution in [0.15, 0.2) is 46.3 Å². The second-order valence-electron chi connectivity index (χ2n) is 5.73. The lowest BCUT2D eigenvalue weighted by Crippen LogP contribution is -2.13. The molecule has 1 aromatic heterocycles. The van der Waals surface area contributed by atoms with Crippen LogP contribution in [0.2, 0.25) is 0 Å². The molecule has 3 aromatic rings. The van der Waals surface area contributed by atoms with Gasteiger partial charge >= 0.3 is 0 Å². The number of hydrogen-bond donors (Lipinski definition) is 0. The van der Waals surface area contributed by atoms with Gasteiger partial charge in [0.2, 0.25) is 0 Å². The third kappa shape index (κ3) is 3.32. The lowest BCUT2D eigenvalue weighted by molar-refractivity contribution is 0.0997. The van der Waals surface area contributed by atoms with Crippen LogP contribution >= 0.6 is 23.1 Å². The fourth-order valence-electron chi connectivity index (χ4n) is 2.52. The topological polar surface area (TPSA) is 34.4 Å². The Balaban J connectivity index is 2.05. The summed E-state index contributed by atoms with van der Waals surface area (Å²) in [6, 6.07) is 12.0. The fraction of sp³-hybridized carbons (Fsp3) is 0.263. The van der Waals surface area contributed by atoms with E-state index in [-0.39, 0.29) is 5.91 Å². The fourth-order valence-corrected chi connectivity index (χ4v) is 4.34. The average molecular weight is 357 g/mol. The van der Waals surface area contributed by atoms with Crippen molar-refractivity contribution in [3.8, 4) is 0 Å². The molecule has 1 amide bonds. The summed E-state index contributed by atoms with van der Waals surface area (Å²) >= 11 is 3.28. The predicted octanol–water partition coefficient (Wildman–Crippen LogP) is 4.71. The number of thiazole rings is 1. The molecule has 0 spiro atoms. The van der Waals surface area contributed by atoms with E-state index in [1.165, 1.54) is 11.1 Å². The molecule has 0 aliphatic carbocycles. The van der Waals surface area contributed by atoms with Crippen molar-refractivity contribution in [2.75, 3.05) is 5.75 Å². The molecule has 0 radical (unpaired) electrons. The molecule has 0 fully saturated rings. The van der Waals surface area contributed by atoms with Gasteiger partial charge in [-0.3, -0.25) is 4.79 Å². The third-order valence-corrected chi connectivity index (χ3v) is 5.98. The van der Waals surface area contributed by atoms with Gasteiger partial charge in [-0.2, -0.15) is 4.99 Å². The molecule has 0 bridgehead atoms. The third-order valence-electron chi connectivity index (χ3n) is 4.01. The highest BCUT2D eigenvalue weighted by molar-refractivity contribution is 7.99. The zero-order valence-electron chi connectivity index (χ0n) is 14.3. The number of carbonyl (C=O) groups is 1. The van der Waals surface area contributed by atoms with Gasteiger partial charge in [-0.15, -0.1) is 11.8 Å². The second kappa shape index (κ2) is 6.95. The van der Waals surface area contributed by atoms with E-state index >= 15 is 0 Å². The summed E-state index contributed by atoms with van der Waals surface area (Å²) in [4.78, 5) is 18.7. The largest absolute Gasteiger partial charge is 0.319 e. The number of fused-ring (bicyclic) bond motifs is 1. The van der Waals surface area contributed by atoms with E-state index in [9.17, 15) is 4.79 Å². The summed E-state index contributed by atoms with van der Waals surface area (Å²) in [6.45, 7) is 6.31. The molecule has 124 valence electrons. The Hall–Kier alpha value is -1.85. The van der Waals surface area contributed by atoms with Gasteiger partial charge in [-0.1, -0.05) is 24.3 Å². The first-order valence-corrected chi connectivity index (χ1v) is 9.68. The van der Waals surface area contributed by atoms with E-state index in [1.807, 2.05) is 35.9 Å². The first-order chi connectivity index (χ1) is 11.5. The number of nitrogens with zero attached hydrogens (tertiary/aromatic N) is 2. The summed E-state index contributed by atoms with van der Waals surface area (Å²) in [5.41, 5.74) is 4.26. The van der Waals surface area contributed by atoms with E-state index in [0.717, 1.165) is 25.7 Å². The van der Waals surface area contributed by atoms with Crippen molar-refractivity contribution in [3.63, 3.8) is 0 Å². The maximum atomic E-state index is 12.6. The molecule has 0 saturated heterocycles. The molecule has 3 nitrogen and oxygen atoms in total. The Morgan fingerprint density at radius 3 is 2.71 bits per heavy atom. The summed E-state index contributed by atoms with van der Waals surface area (Å²) in [5, 5.41) is 0. The van der Waals surface area contributed by atoms with Crippen molar-refractivity contribution < 1.29 is 4.79 Å². The van der Waals surface area contributed by atoms with E-state index in [4.69, 9.17) is 0 Å². The second-order valence-corrected chi connectivity index (χ2v) is 8.07. The Bertz CT molecular complexity index is 983. The highest BCUT2D eigenvalue weighted by Gasteiger charge is 2.09. The maximum Gasteiger partial charge on any atom is 0.279 e. The molecular formula is C19H20N2OS2. The number of amides is 1. The van der Waals surface area contributed by atoms with Crippen molar-refractivity contribution in [1.29, 1.82) is 0 Å². The molecular weight excluding hydrogens is 336 g/mol. The first-order valence-electron chi connectivity index (χ1n) is 7.88. The number of carbonyl (C=O) groups excluding carboxylic acids is 1. The van der Waals surface area contributed by atoms with E-state index in [1.54, 1.807) is 23.1 Å². The van der Waals surface area contributed by atoms with Crippen molar-refractivity contribution >= 4 is 39.2 Å². The van der Waals surface area contributed by atoms with Crippen LogP contribution < -0.4 is 4.80 Å². The lowest BCUT2D eigenvalue weighted by Gasteiger charge is -2.01. The molecule has 0 saturated carbocycles. The van der Waals surface area contributed by atoms with Crippen LogP contribution in [0.5, 0.6) is 0 Å². The van der Waals surface area contributed by atoms with Crippen molar-refractivity contribution in [3.05, 3.63) is 57.9 Å². The van der Waals surface area contributed by atoms with Gasteiger partial charge in [0.25, 0.3) is 5.91 Å². The van der Waals surface area contributed by atoms with Gasteiger partial charge in [0.15, 0.2) is 4.80 Å². The normalized spacial score (nSPS) is 12.1. The zero-order valence-corrected chi connectivity index (χ0v) is 15.9. The molecule has 0 atom stereocenters. The highest BCUT2D eigenvalue weighted by Crippen LogP contribution is 2.22. The van der Waals surface area contributed by atoms with Crippen LogP contribution in [0.4, 0.5) is 0 Å². The SMILES string of the molecule is CCSc1cccc(C(=O)N=c2sc3cc(C)c(C)cc3n2C)c1. The quantitative estimate of drug-likeness (QED) is 0.637. The van der Waals surface area contributed by atoms with Crippen LogP contribution in [-0.2, 0) is 7.05 Å². The smallest absolute Gasteiger partial charge is 0.279 e. The van der Waals surface area contributed by atoms with Crippen molar-refractivity contribution in [2.24, 2.45) is 12.0 Å². The van der Waals surface area contributed by atoms with E-state index < -0.39 is 0 Å². The number of thioether (sulfide) groups is 1.